The Labute approximate surface area is 164 Å². The zero-order chi connectivity index (χ0) is 19.5. The van der Waals surface area contributed by atoms with E-state index in [4.69, 9.17) is 10.5 Å². The van der Waals surface area contributed by atoms with E-state index in [0.29, 0.717) is 24.3 Å². The maximum absolute atomic E-state index is 12.5. The highest BCUT2D eigenvalue weighted by Gasteiger charge is 2.10. The Bertz CT molecular complexity index is 747. The van der Waals surface area contributed by atoms with Crippen molar-refractivity contribution in [3.8, 4) is 5.75 Å². The molecule has 0 aliphatic heterocycles. The van der Waals surface area contributed by atoms with E-state index >= 15 is 0 Å². The Morgan fingerprint density at radius 2 is 1.81 bits per heavy atom. The molecule has 5 nitrogen and oxygen atoms in total. The molecule has 0 radical (unpaired) electrons. The van der Waals surface area contributed by atoms with E-state index in [-0.39, 0.29) is 11.8 Å². The predicted molar refractivity (Wildman–Crippen MR) is 110 cm³/mol. The van der Waals surface area contributed by atoms with Crippen LogP contribution in [0.5, 0.6) is 5.75 Å². The van der Waals surface area contributed by atoms with E-state index in [1.807, 2.05) is 36.4 Å². The highest BCUT2D eigenvalue weighted by molar-refractivity contribution is 7.99. The number of benzene rings is 2. The Balaban J connectivity index is 1.93. The van der Waals surface area contributed by atoms with Gasteiger partial charge in [-0.15, -0.1) is 11.8 Å². The van der Waals surface area contributed by atoms with Crippen molar-refractivity contribution >= 4 is 29.3 Å². The first-order valence-electron chi connectivity index (χ1n) is 9.14. The van der Waals surface area contributed by atoms with Gasteiger partial charge in [-0.25, -0.2) is 0 Å². The molecule has 3 N–H and O–H groups in total. The Morgan fingerprint density at radius 3 is 2.52 bits per heavy atom. The number of carbonyl (C=O) groups excluding carboxylic acids is 2. The number of anilines is 1. The van der Waals surface area contributed by atoms with Gasteiger partial charge in [-0.1, -0.05) is 31.9 Å². The van der Waals surface area contributed by atoms with E-state index in [9.17, 15) is 9.59 Å². The third-order valence-electron chi connectivity index (χ3n) is 3.87. The molecule has 0 saturated carbocycles. The number of hydrogen-bond acceptors (Lipinski definition) is 4. The second-order valence-corrected chi connectivity index (χ2v) is 7.23. The molecule has 0 saturated heterocycles. The number of rotatable bonds is 11. The van der Waals surface area contributed by atoms with Crippen LogP contribution in [0.25, 0.3) is 0 Å². The molecular formula is C21H26N2O3S. The maximum atomic E-state index is 12.5. The van der Waals surface area contributed by atoms with Crippen molar-refractivity contribution in [2.75, 3.05) is 17.7 Å². The van der Waals surface area contributed by atoms with E-state index < -0.39 is 0 Å². The van der Waals surface area contributed by atoms with Crippen molar-refractivity contribution in [3.63, 3.8) is 0 Å². The van der Waals surface area contributed by atoms with Crippen LogP contribution in [0.2, 0.25) is 0 Å². The second-order valence-electron chi connectivity index (χ2n) is 6.10. The zero-order valence-corrected chi connectivity index (χ0v) is 16.4. The topological polar surface area (TPSA) is 81.4 Å². The van der Waals surface area contributed by atoms with Gasteiger partial charge in [0.05, 0.1) is 12.3 Å². The van der Waals surface area contributed by atoms with Crippen molar-refractivity contribution < 1.29 is 14.3 Å². The summed E-state index contributed by atoms with van der Waals surface area (Å²) in [5.74, 6) is 0.827. The van der Waals surface area contributed by atoms with E-state index in [1.165, 1.54) is 11.8 Å². The molecule has 6 heteroatoms. The summed E-state index contributed by atoms with van der Waals surface area (Å²) in [4.78, 5) is 24.3. The maximum Gasteiger partial charge on any atom is 0.255 e. The molecule has 2 rings (SSSR count). The van der Waals surface area contributed by atoms with Gasteiger partial charge in [0.15, 0.2) is 0 Å². The van der Waals surface area contributed by atoms with Crippen molar-refractivity contribution in [3.05, 3.63) is 54.1 Å². The number of unbranched alkanes of at least 4 members (excludes halogenated alkanes) is 2. The van der Waals surface area contributed by atoms with Crippen LogP contribution in [0.15, 0.2) is 53.4 Å². The molecule has 0 fully saturated rings. The molecule has 2 amide bonds. The lowest BCUT2D eigenvalue weighted by molar-refractivity contribution is -0.117. The van der Waals surface area contributed by atoms with Crippen molar-refractivity contribution in [1.29, 1.82) is 0 Å². The van der Waals surface area contributed by atoms with Gasteiger partial charge in [0.2, 0.25) is 5.91 Å². The molecule has 0 aliphatic carbocycles. The molecular weight excluding hydrogens is 360 g/mol. The zero-order valence-electron chi connectivity index (χ0n) is 15.6. The quantitative estimate of drug-likeness (QED) is 0.441. The molecule has 0 atom stereocenters. The van der Waals surface area contributed by atoms with Crippen LogP contribution >= 0.6 is 11.8 Å². The molecule has 0 unspecified atom stereocenters. The highest BCUT2D eigenvalue weighted by atomic mass is 32.2. The number of hydrogen-bond donors (Lipinski definition) is 2. The molecule has 2 aromatic rings. The lowest BCUT2D eigenvalue weighted by atomic mass is 10.2. The average Bonchev–Trinajstić information content (AvgIpc) is 2.67. The van der Waals surface area contributed by atoms with Gasteiger partial charge < -0.3 is 15.8 Å². The second kappa shape index (κ2) is 11.3. The lowest BCUT2D eigenvalue weighted by Gasteiger charge is -2.11. The minimum absolute atomic E-state index is 0.185. The lowest BCUT2D eigenvalue weighted by Crippen LogP contribution is -2.13. The summed E-state index contributed by atoms with van der Waals surface area (Å²) in [6.45, 7) is 2.84. The third-order valence-corrected chi connectivity index (χ3v) is 4.95. The van der Waals surface area contributed by atoms with Gasteiger partial charge in [0.25, 0.3) is 5.91 Å². The molecule has 144 valence electrons. The van der Waals surface area contributed by atoms with Gasteiger partial charge in [-0.3, -0.25) is 9.59 Å². The Hall–Kier alpha value is -2.47. The van der Waals surface area contributed by atoms with Crippen molar-refractivity contribution in [1.82, 2.24) is 0 Å². The fourth-order valence-corrected chi connectivity index (χ4v) is 3.37. The highest BCUT2D eigenvalue weighted by Crippen LogP contribution is 2.28. The van der Waals surface area contributed by atoms with Crippen LogP contribution in [-0.2, 0) is 4.79 Å². The molecule has 0 heterocycles. The molecule has 27 heavy (non-hydrogen) atoms. The number of ether oxygens (including phenoxy) is 1. The molecule has 2 aromatic carbocycles. The first-order valence-corrected chi connectivity index (χ1v) is 10.1. The van der Waals surface area contributed by atoms with E-state index in [2.05, 4.69) is 12.2 Å². The fourth-order valence-electron chi connectivity index (χ4n) is 2.40. The summed E-state index contributed by atoms with van der Waals surface area (Å²) >= 11 is 1.49. The number of carbonyl (C=O) groups is 2. The number of nitrogens with one attached hydrogen (secondary N) is 1. The van der Waals surface area contributed by atoms with Crippen LogP contribution in [0.4, 0.5) is 5.69 Å². The first-order chi connectivity index (χ1) is 13.1. The number of amides is 2. The van der Waals surface area contributed by atoms with Gasteiger partial charge in [0.1, 0.15) is 5.75 Å². The van der Waals surface area contributed by atoms with Crippen molar-refractivity contribution in [2.24, 2.45) is 5.73 Å². The van der Waals surface area contributed by atoms with E-state index in [1.54, 1.807) is 12.1 Å². The summed E-state index contributed by atoms with van der Waals surface area (Å²) in [7, 11) is 0. The van der Waals surface area contributed by atoms with Crippen LogP contribution in [0, 0.1) is 0 Å². The predicted octanol–water partition coefficient (Wildman–Crippen LogP) is 4.48. The number of nitrogens with two attached hydrogens (primary N) is 1. The minimum Gasteiger partial charge on any atom is -0.494 e. The normalized spacial score (nSPS) is 10.4. The van der Waals surface area contributed by atoms with E-state index in [0.717, 1.165) is 35.6 Å². The monoisotopic (exact) mass is 386 g/mol. The van der Waals surface area contributed by atoms with Crippen LogP contribution < -0.4 is 15.8 Å². The summed E-state index contributed by atoms with van der Waals surface area (Å²) in [6.07, 6.45) is 3.64. The summed E-state index contributed by atoms with van der Waals surface area (Å²) in [5.41, 5.74) is 6.46. The van der Waals surface area contributed by atoms with Gasteiger partial charge in [-0.05, 0) is 42.8 Å². The SMILES string of the molecule is CCCCCOc1ccc(C(=O)Nc2ccccc2SCCC(N)=O)cc1. The van der Waals surface area contributed by atoms with Crippen LogP contribution in [0.3, 0.4) is 0 Å². The molecule has 0 aliphatic rings. The number of thioether (sulfide) groups is 1. The van der Waals surface area contributed by atoms with Crippen molar-refractivity contribution in [2.45, 2.75) is 37.5 Å². The first kappa shape index (κ1) is 20.8. The number of para-hydroxylation sites is 1. The van der Waals surface area contributed by atoms with Crippen LogP contribution in [-0.4, -0.2) is 24.2 Å². The molecule has 0 bridgehead atoms. The smallest absolute Gasteiger partial charge is 0.255 e. The standard InChI is InChI=1S/C21H26N2O3S/c1-2-3-6-14-26-17-11-9-16(10-12-17)21(25)23-18-7-4-5-8-19(18)27-15-13-20(22)24/h4-5,7-12H,2-3,6,13-15H2,1H3,(H2,22,24)(H,23,25). The van der Waals surface area contributed by atoms with Crippen LogP contribution in [0.1, 0.15) is 43.0 Å². The summed E-state index contributed by atoms with van der Waals surface area (Å²) in [5, 5.41) is 2.93. The van der Waals surface area contributed by atoms with Gasteiger partial charge in [-0.2, -0.15) is 0 Å². The fraction of sp³-hybridized carbons (Fsp3) is 0.333. The number of primary amides is 1. The van der Waals surface area contributed by atoms with Gasteiger partial charge >= 0.3 is 0 Å². The summed E-state index contributed by atoms with van der Waals surface area (Å²) in [6, 6.07) is 14.7. The average molecular weight is 387 g/mol. The largest absolute Gasteiger partial charge is 0.494 e. The molecule has 0 aromatic heterocycles. The molecule has 0 spiro atoms. The Kier molecular flexibility index (Phi) is 8.71. The minimum atomic E-state index is -0.332. The Morgan fingerprint density at radius 1 is 1.07 bits per heavy atom. The third kappa shape index (κ3) is 7.35. The van der Waals surface area contributed by atoms with Gasteiger partial charge in [0, 0.05) is 22.6 Å². The summed E-state index contributed by atoms with van der Waals surface area (Å²) < 4.78 is 5.67.